The summed E-state index contributed by atoms with van der Waals surface area (Å²) < 4.78 is 47.4. The van der Waals surface area contributed by atoms with Crippen molar-refractivity contribution < 1.29 is 27.4 Å². The number of thioether (sulfide) groups is 1. The predicted octanol–water partition coefficient (Wildman–Crippen LogP) is 3.28. The molecule has 0 N–H and O–H groups in total. The highest BCUT2D eigenvalue weighted by molar-refractivity contribution is 8.00. The van der Waals surface area contributed by atoms with Crippen LogP contribution in [0, 0.1) is 11.3 Å². The van der Waals surface area contributed by atoms with Crippen molar-refractivity contribution in [1.82, 2.24) is 0 Å². The van der Waals surface area contributed by atoms with Crippen LogP contribution in [0.1, 0.15) is 18.1 Å². The van der Waals surface area contributed by atoms with Gasteiger partial charge in [-0.1, -0.05) is 6.07 Å². The van der Waals surface area contributed by atoms with E-state index in [0.29, 0.717) is 0 Å². The van der Waals surface area contributed by atoms with Gasteiger partial charge in [-0.15, -0.1) is 0 Å². The van der Waals surface area contributed by atoms with Gasteiger partial charge in [-0.05, 0) is 30.3 Å². The van der Waals surface area contributed by atoms with E-state index in [4.69, 9.17) is 14.7 Å². The number of carbonyl (C=O) groups is 1. The number of hydrogen-bond donors (Lipinski definition) is 0. The molecule has 0 heterocycles. The summed E-state index contributed by atoms with van der Waals surface area (Å²) in [5, 5.41) is 9.12. The molecule has 0 fully saturated rings. The first-order valence-electron chi connectivity index (χ1n) is 5.83. The molecule has 1 rings (SSSR count). The van der Waals surface area contributed by atoms with E-state index in [1.807, 2.05) is 0 Å². The van der Waals surface area contributed by atoms with Crippen molar-refractivity contribution in [2.24, 2.45) is 0 Å². The molecule has 0 radical (unpaired) electrons. The first-order valence-corrected chi connectivity index (χ1v) is 6.65. The third-order valence-corrected chi connectivity index (χ3v) is 3.24. The summed E-state index contributed by atoms with van der Waals surface area (Å²) in [5.41, 5.74) is -4.63. The number of alkyl halides is 3. The molecule has 4 nitrogen and oxygen atoms in total. The van der Waals surface area contributed by atoms with Crippen LogP contribution in [0.15, 0.2) is 17.0 Å². The number of esters is 1. The maximum Gasteiger partial charge on any atom is 0.446 e. The van der Waals surface area contributed by atoms with E-state index in [0.717, 1.165) is 0 Å². The molecule has 0 aliphatic heterocycles. The van der Waals surface area contributed by atoms with Gasteiger partial charge in [-0.3, -0.25) is 4.79 Å². The smallest absolute Gasteiger partial charge is 0.446 e. The molecule has 1 aromatic rings. The largest absolute Gasteiger partial charge is 0.496 e. The van der Waals surface area contributed by atoms with Gasteiger partial charge in [0, 0.05) is 0 Å². The van der Waals surface area contributed by atoms with E-state index in [1.165, 1.54) is 19.2 Å². The number of benzene rings is 1. The zero-order valence-corrected chi connectivity index (χ0v) is 12.1. The Hall–Kier alpha value is -1.88. The number of rotatable bonds is 5. The zero-order valence-electron chi connectivity index (χ0n) is 11.3. The summed E-state index contributed by atoms with van der Waals surface area (Å²) in [6.07, 6.45) is -0.272. The Morgan fingerprint density at radius 2 is 2.10 bits per heavy atom. The maximum atomic E-state index is 12.6. The minimum absolute atomic E-state index is 0.0681. The molecule has 114 valence electrons. The molecule has 0 amide bonds. The number of nitrogens with zero attached hydrogens (tertiary/aromatic N) is 1. The fourth-order valence-electron chi connectivity index (χ4n) is 1.62. The molecule has 0 saturated carbocycles. The highest BCUT2D eigenvalue weighted by Gasteiger charge is 2.33. The summed E-state index contributed by atoms with van der Waals surface area (Å²) in [6, 6.07) is 4.38. The molecule has 0 unspecified atom stereocenters. The molecule has 0 atom stereocenters. The number of halogens is 3. The Labute approximate surface area is 123 Å². The van der Waals surface area contributed by atoms with Gasteiger partial charge in [0.2, 0.25) is 0 Å². The van der Waals surface area contributed by atoms with E-state index in [2.05, 4.69) is 0 Å². The molecule has 0 aliphatic carbocycles. The fraction of sp³-hybridized carbons (Fsp3) is 0.385. The van der Waals surface area contributed by atoms with Gasteiger partial charge in [0.15, 0.2) is 0 Å². The van der Waals surface area contributed by atoms with Crippen LogP contribution in [0.4, 0.5) is 13.2 Å². The number of nitriles is 1. The SMILES string of the molecule is CCOC(=O)Cc1ccc(OC)c(SC(F)(F)F)c1C#N. The normalized spacial score (nSPS) is 10.9. The number of hydrogen-bond acceptors (Lipinski definition) is 5. The lowest BCUT2D eigenvalue weighted by molar-refractivity contribution is -0.142. The van der Waals surface area contributed by atoms with Crippen molar-refractivity contribution in [3.8, 4) is 11.8 Å². The number of carbonyl (C=O) groups excluding carboxylic acids is 1. The highest BCUT2D eigenvalue weighted by Crippen LogP contribution is 2.44. The van der Waals surface area contributed by atoms with Crippen LogP contribution in [0.3, 0.4) is 0 Å². The molecule has 0 aliphatic rings. The second-order valence-electron chi connectivity index (χ2n) is 3.77. The lowest BCUT2D eigenvalue weighted by atomic mass is 10.0. The second-order valence-corrected chi connectivity index (χ2v) is 4.85. The minimum Gasteiger partial charge on any atom is -0.496 e. The summed E-state index contributed by atoms with van der Waals surface area (Å²) >= 11 is -0.442. The van der Waals surface area contributed by atoms with Crippen LogP contribution in [0.5, 0.6) is 5.75 Å². The van der Waals surface area contributed by atoms with Crippen molar-refractivity contribution in [2.45, 2.75) is 23.7 Å². The van der Waals surface area contributed by atoms with E-state index >= 15 is 0 Å². The van der Waals surface area contributed by atoms with Crippen molar-refractivity contribution in [1.29, 1.82) is 5.26 Å². The van der Waals surface area contributed by atoms with Gasteiger partial charge in [0.25, 0.3) is 0 Å². The molecule has 0 aromatic heterocycles. The average molecular weight is 319 g/mol. The highest BCUT2D eigenvalue weighted by atomic mass is 32.2. The minimum atomic E-state index is -4.57. The van der Waals surface area contributed by atoms with Crippen molar-refractivity contribution in [2.75, 3.05) is 13.7 Å². The Morgan fingerprint density at radius 3 is 2.57 bits per heavy atom. The van der Waals surface area contributed by atoms with Crippen LogP contribution in [-0.2, 0) is 16.0 Å². The molecule has 0 bridgehead atoms. The first kappa shape index (κ1) is 17.2. The number of ether oxygens (including phenoxy) is 2. The van der Waals surface area contributed by atoms with Crippen LogP contribution >= 0.6 is 11.8 Å². The quantitative estimate of drug-likeness (QED) is 0.616. The van der Waals surface area contributed by atoms with Gasteiger partial charge in [0.05, 0.1) is 30.6 Å². The third-order valence-electron chi connectivity index (χ3n) is 2.40. The summed E-state index contributed by atoms with van der Waals surface area (Å²) in [7, 11) is 1.21. The Balaban J connectivity index is 3.26. The average Bonchev–Trinajstić information content (AvgIpc) is 2.37. The lowest BCUT2D eigenvalue weighted by Crippen LogP contribution is -2.10. The lowest BCUT2D eigenvalue weighted by Gasteiger charge is -2.14. The van der Waals surface area contributed by atoms with Crippen LogP contribution < -0.4 is 4.74 Å². The van der Waals surface area contributed by atoms with Gasteiger partial charge >= 0.3 is 11.5 Å². The Morgan fingerprint density at radius 1 is 1.43 bits per heavy atom. The van der Waals surface area contributed by atoms with Crippen molar-refractivity contribution in [3.05, 3.63) is 23.3 Å². The van der Waals surface area contributed by atoms with Crippen LogP contribution in [-0.4, -0.2) is 25.2 Å². The van der Waals surface area contributed by atoms with E-state index in [9.17, 15) is 18.0 Å². The molecule has 1 aromatic carbocycles. The maximum absolute atomic E-state index is 12.6. The second kappa shape index (κ2) is 7.22. The van der Waals surface area contributed by atoms with Gasteiger partial charge < -0.3 is 9.47 Å². The predicted molar refractivity (Wildman–Crippen MR) is 70.0 cm³/mol. The number of methoxy groups -OCH3 is 1. The molecule has 8 heteroatoms. The topological polar surface area (TPSA) is 59.3 Å². The van der Waals surface area contributed by atoms with Crippen LogP contribution in [0.25, 0.3) is 0 Å². The van der Waals surface area contributed by atoms with Gasteiger partial charge in [0.1, 0.15) is 11.8 Å². The zero-order chi connectivity index (χ0) is 16.0. The third kappa shape index (κ3) is 4.86. The molecule has 0 saturated heterocycles. The van der Waals surface area contributed by atoms with Gasteiger partial charge in [-0.2, -0.15) is 18.4 Å². The molecular formula is C13H12F3NO3S. The monoisotopic (exact) mass is 319 g/mol. The summed E-state index contributed by atoms with van der Waals surface area (Å²) in [5.74, 6) is -0.677. The Bertz CT molecular complexity index is 567. The standard InChI is InChI=1S/C13H12F3NO3S/c1-3-20-11(18)6-8-4-5-10(19-2)12(9(8)7-17)21-13(14,15)16/h4-5H,3,6H2,1-2H3. The Kier molecular flexibility index (Phi) is 5.90. The molecular weight excluding hydrogens is 307 g/mol. The van der Waals surface area contributed by atoms with Crippen molar-refractivity contribution in [3.63, 3.8) is 0 Å². The van der Waals surface area contributed by atoms with E-state index < -0.39 is 23.2 Å². The van der Waals surface area contributed by atoms with E-state index in [-0.39, 0.29) is 34.8 Å². The molecule has 0 spiro atoms. The summed E-state index contributed by atoms with van der Waals surface area (Å²) in [6.45, 7) is 1.77. The molecule has 21 heavy (non-hydrogen) atoms. The fourth-order valence-corrected chi connectivity index (χ4v) is 2.38. The van der Waals surface area contributed by atoms with Crippen molar-refractivity contribution >= 4 is 17.7 Å². The van der Waals surface area contributed by atoms with Gasteiger partial charge in [-0.25, -0.2) is 0 Å². The van der Waals surface area contributed by atoms with Crippen LogP contribution in [0.2, 0.25) is 0 Å². The summed E-state index contributed by atoms with van der Waals surface area (Å²) in [4.78, 5) is 11.1. The first-order chi connectivity index (χ1) is 9.82. The van der Waals surface area contributed by atoms with E-state index in [1.54, 1.807) is 13.0 Å².